The van der Waals surface area contributed by atoms with E-state index in [1.54, 1.807) is 14.2 Å². The van der Waals surface area contributed by atoms with Crippen LogP contribution in [-0.2, 0) is 17.8 Å². The van der Waals surface area contributed by atoms with Gasteiger partial charge in [-0.05, 0) is 95.6 Å². The maximum absolute atomic E-state index is 12.9. The number of esters is 1. The second kappa shape index (κ2) is 9.34. The van der Waals surface area contributed by atoms with Crippen LogP contribution in [0, 0.1) is 5.92 Å². The number of hydrogen-bond acceptors (Lipinski definition) is 5. The number of methoxy groups -OCH3 is 2. The highest BCUT2D eigenvalue weighted by molar-refractivity contribution is 6.12. The van der Waals surface area contributed by atoms with Crippen molar-refractivity contribution in [2.75, 3.05) is 20.8 Å². The molecule has 35 heavy (non-hydrogen) atoms. The number of rotatable bonds is 4. The van der Waals surface area contributed by atoms with E-state index in [0.717, 1.165) is 60.9 Å². The Kier molecular flexibility index (Phi) is 6.05. The lowest BCUT2D eigenvalue weighted by atomic mass is 9.82. The predicted molar refractivity (Wildman–Crippen MR) is 139 cm³/mol. The summed E-state index contributed by atoms with van der Waals surface area (Å²) >= 11 is 0. The van der Waals surface area contributed by atoms with Gasteiger partial charge in [-0.25, -0.2) is 0 Å². The average molecular weight is 474 g/mol. The van der Waals surface area contributed by atoms with Crippen molar-refractivity contribution in [3.8, 4) is 17.2 Å². The summed E-state index contributed by atoms with van der Waals surface area (Å²) in [5.41, 5.74) is 2.84. The first-order valence-corrected chi connectivity index (χ1v) is 13.2. The molecule has 1 aliphatic carbocycles. The van der Waals surface area contributed by atoms with Crippen molar-refractivity contribution in [1.29, 1.82) is 0 Å². The van der Waals surface area contributed by atoms with Gasteiger partial charge in [0.25, 0.3) is 0 Å². The molecule has 0 amide bonds. The van der Waals surface area contributed by atoms with E-state index in [9.17, 15) is 4.79 Å². The van der Waals surface area contributed by atoms with Gasteiger partial charge in [0.1, 0.15) is 5.75 Å². The Morgan fingerprint density at radius 3 is 2.29 bits per heavy atom. The molecule has 2 fully saturated rings. The van der Waals surface area contributed by atoms with Gasteiger partial charge in [-0.15, -0.1) is 0 Å². The molecule has 3 aromatic carbocycles. The van der Waals surface area contributed by atoms with Crippen LogP contribution in [0.1, 0.15) is 62.5 Å². The van der Waals surface area contributed by atoms with Crippen LogP contribution in [0.4, 0.5) is 0 Å². The third kappa shape index (κ3) is 4.04. The number of carbonyl (C=O) groups excluding carboxylic acids is 1. The van der Waals surface area contributed by atoms with Crippen molar-refractivity contribution >= 4 is 27.5 Å². The highest BCUT2D eigenvalue weighted by Gasteiger charge is 2.31. The normalized spacial score (nSPS) is 20.9. The molecule has 0 N–H and O–H groups in total. The summed E-state index contributed by atoms with van der Waals surface area (Å²) in [7, 11) is 3.38. The van der Waals surface area contributed by atoms with Gasteiger partial charge in [0.15, 0.2) is 11.5 Å². The molecular weight excluding hydrogens is 438 g/mol. The number of fused-ring (bicyclic) bond motifs is 7. The first-order valence-electron chi connectivity index (χ1n) is 13.2. The molecule has 0 spiro atoms. The lowest BCUT2D eigenvalue weighted by Crippen LogP contribution is -2.43. The van der Waals surface area contributed by atoms with Crippen LogP contribution in [0.25, 0.3) is 21.5 Å². The highest BCUT2D eigenvalue weighted by atomic mass is 16.5. The van der Waals surface area contributed by atoms with Gasteiger partial charge in [-0.3, -0.25) is 9.69 Å². The molecule has 0 bridgehead atoms. The van der Waals surface area contributed by atoms with E-state index < -0.39 is 0 Å². The van der Waals surface area contributed by atoms with E-state index in [2.05, 4.69) is 29.2 Å². The zero-order chi connectivity index (χ0) is 23.9. The molecule has 184 valence electrons. The van der Waals surface area contributed by atoms with Crippen LogP contribution in [0.3, 0.4) is 0 Å². The lowest BCUT2D eigenvalue weighted by molar-refractivity contribution is -0.139. The van der Waals surface area contributed by atoms with Crippen molar-refractivity contribution in [2.45, 2.75) is 70.4 Å². The highest BCUT2D eigenvalue weighted by Crippen LogP contribution is 2.44. The predicted octanol–water partition coefficient (Wildman–Crippen LogP) is 6.41. The second-order valence-electron chi connectivity index (χ2n) is 10.5. The molecule has 0 radical (unpaired) electrons. The molecule has 6 rings (SSSR count). The summed E-state index contributed by atoms with van der Waals surface area (Å²) in [4.78, 5) is 15.5. The molecule has 1 unspecified atom stereocenters. The summed E-state index contributed by atoms with van der Waals surface area (Å²) in [5, 5.41) is 4.73. The van der Waals surface area contributed by atoms with E-state index >= 15 is 0 Å². The molecule has 5 nitrogen and oxygen atoms in total. The van der Waals surface area contributed by atoms with E-state index in [-0.39, 0.29) is 11.9 Å². The summed E-state index contributed by atoms with van der Waals surface area (Å²) in [6.45, 7) is 2.15. The minimum atomic E-state index is -0.0817. The van der Waals surface area contributed by atoms with Crippen molar-refractivity contribution in [1.82, 2.24) is 4.90 Å². The van der Waals surface area contributed by atoms with Gasteiger partial charge in [-0.2, -0.15) is 0 Å². The van der Waals surface area contributed by atoms with Crippen molar-refractivity contribution < 1.29 is 19.0 Å². The van der Waals surface area contributed by atoms with Crippen molar-refractivity contribution in [2.24, 2.45) is 5.92 Å². The Bertz CT molecular complexity index is 1280. The van der Waals surface area contributed by atoms with Crippen LogP contribution < -0.4 is 14.2 Å². The van der Waals surface area contributed by atoms with Gasteiger partial charge < -0.3 is 14.2 Å². The summed E-state index contributed by atoms with van der Waals surface area (Å²) in [6, 6.07) is 11.1. The third-order valence-electron chi connectivity index (χ3n) is 8.53. The van der Waals surface area contributed by atoms with Crippen LogP contribution in [0.2, 0.25) is 0 Å². The van der Waals surface area contributed by atoms with Gasteiger partial charge in [-0.1, -0.05) is 31.7 Å². The SMILES string of the molecule is COc1cc2c3c(c4ccc(OC(=O)C5CCCCC5)cc4c2cc1OC)CN1CCCCC1C3. The molecule has 3 aliphatic rings. The van der Waals surface area contributed by atoms with E-state index in [1.165, 1.54) is 54.1 Å². The van der Waals surface area contributed by atoms with Gasteiger partial charge in [0.2, 0.25) is 0 Å². The van der Waals surface area contributed by atoms with E-state index in [0.29, 0.717) is 11.8 Å². The fraction of sp³-hybridized carbons (Fsp3) is 0.500. The quantitative estimate of drug-likeness (QED) is 0.249. The zero-order valence-corrected chi connectivity index (χ0v) is 20.9. The molecule has 5 heteroatoms. The topological polar surface area (TPSA) is 48.0 Å². The maximum Gasteiger partial charge on any atom is 0.314 e. The van der Waals surface area contributed by atoms with Crippen molar-refractivity contribution in [3.63, 3.8) is 0 Å². The molecule has 1 saturated carbocycles. The van der Waals surface area contributed by atoms with Crippen LogP contribution in [-0.4, -0.2) is 37.7 Å². The average Bonchev–Trinajstić information content (AvgIpc) is 2.91. The summed E-state index contributed by atoms with van der Waals surface area (Å²) < 4.78 is 17.3. The molecule has 1 saturated heterocycles. The fourth-order valence-corrected chi connectivity index (χ4v) is 6.64. The smallest absolute Gasteiger partial charge is 0.314 e. The van der Waals surface area contributed by atoms with Crippen LogP contribution in [0.15, 0.2) is 30.3 Å². The minimum absolute atomic E-state index is 0.0279. The van der Waals surface area contributed by atoms with Gasteiger partial charge >= 0.3 is 5.97 Å². The second-order valence-corrected chi connectivity index (χ2v) is 10.5. The number of piperidine rings is 1. The Balaban J connectivity index is 1.50. The Morgan fingerprint density at radius 1 is 0.800 bits per heavy atom. The van der Waals surface area contributed by atoms with Crippen LogP contribution in [0.5, 0.6) is 17.2 Å². The molecule has 2 heterocycles. The summed E-state index contributed by atoms with van der Waals surface area (Å²) in [5.74, 6) is 2.06. The fourth-order valence-electron chi connectivity index (χ4n) is 6.64. The van der Waals surface area contributed by atoms with Crippen LogP contribution >= 0.6 is 0 Å². The summed E-state index contributed by atoms with van der Waals surface area (Å²) in [6.07, 6.45) is 10.3. The van der Waals surface area contributed by atoms with Gasteiger partial charge in [0.05, 0.1) is 20.1 Å². The third-order valence-corrected chi connectivity index (χ3v) is 8.53. The molecule has 0 aromatic heterocycles. The minimum Gasteiger partial charge on any atom is -0.493 e. The van der Waals surface area contributed by atoms with E-state index in [1.807, 2.05) is 6.07 Å². The van der Waals surface area contributed by atoms with Gasteiger partial charge in [0, 0.05) is 12.6 Å². The maximum atomic E-state index is 12.9. The monoisotopic (exact) mass is 473 g/mol. The number of carbonyl (C=O) groups is 1. The first-order chi connectivity index (χ1) is 17.2. The van der Waals surface area contributed by atoms with E-state index in [4.69, 9.17) is 14.2 Å². The zero-order valence-electron chi connectivity index (χ0n) is 20.9. The lowest BCUT2D eigenvalue weighted by Gasteiger charge is -2.41. The number of hydrogen-bond donors (Lipinski definition) is 0. The Labute approximate surface area is 207 Å². The Hall–Kier alpha value is -2.79. The first kappa shape index (κ1) is 22.7. The molecular formula is C30H35NO4. The number of ether oxygens (including phenoxy) is 3. The number of benzene rings is 3. The standard InChI is InChI=1S/C30H35NO4/c1-33-28-16-25-23-14-20-10-6-7-13-31(20)18-27(23)22-12-11-21(15-24(22)26(25)17-29(28)34-2)35-30(32)19-8-4-3-5-9-19/h11-12,15-17,19-20H,3-10,13-14,18H2,1-2H3. The largest absolute Gasteiger partial charge is 0.493 e. The van der Waals surface area contributed by atoms with Crippen molar-refractivity contribution in [3.05, 3.63) is 41.5 Å². The molecule has 2 aliphatic heterocycles. The Morgan fingerprint density at radius 2 is 1.51 bits per heavy atom. The number of nitrogens with zero attached hydrogens (tertiary/aromatic N) is 1. The molecule has 3 aromatic rings. The molecule has 1 atom stereocenters.